The predicted molar refractivity (Wildman–Crippen MR) is 91.2 cm³/mol. The largest absolute Gasteiger partial charge is 0.495 e. The molecule has 2 nitrogen and oxygen atoms in total. The second-order valence-electron chi connectivity index (χ2n) is 4.83. The lowest BCUT2D eigenvalue weighted by atomic mass is 10.1. The molecule has 112 valence electrons. The predicted octanol–water partition coefficient (Wildman–Crippen LogP) is 6.14. The van der Waals surface area contributed by atoms with E-state index in [1.54, 1.807) is 13.2 Å². The topological polar surface area (TPSA) is 21.3 Å². The van der Waals surface area contributed by atoms with Crippen LogP contribution in [0.15, 0.2) is 30.3 Å². The second kappa shape index (κ2) is 6.78. The quantitative estimate of drug-likeness (QED) is 0.673. The van der Waals surface area contributed by atoms with Crippen LogP contribution < -0.4 is 10.1 Å². The maximum Gasteiger partial charge on any atom is 0.141 e. The van der Waals surface area contributed by atoms with Crippen LogP contribution >= 0.6 is 34.8 Å². The SMILES string of the molecule is COc1ccc(C)cc1NC(C)c1ccc(Cl)c(Cl)c1Cl. The second-order valence-corrected chi connectivity index (χ2v) is 6.00. The third-order valence-corrected chi connectivity index (χ3v) is 4.57. The van der Waals surface area contributed by atoms with E-state index >= 15 is 0 Å². The molecule has 0 aliphatic carbocycles. The Kier molecular flexibility index (Phi) is 5.26. The van der Waals surface area contributed by atoms with Gasteiger partial charge in [-0.3, -0.25) is 0 Å². The molecule has 0 heterocycles. The van der Waals surface area contributed by atoms with Gasteiger partial charge in [0.05, 0.1) is 33.9 Å². The number of aryl methyl sites for hydroxylation is 1. The monoisotopic (exact) mass is 343 g/mol. The number of hydrogen-bond donors (Lipinski definition) is 1. The van der Waals surface area contributed by atoms with Gasteiger partial charge in [0.2, 0.25) is 0 Å². The van der Waals surface area contributed by atoms with Gasteiger partial charge in [-0.2, -0.15) is 0 Å². The van der Waals surface area contributed by atoms with Crippen molar-refractivity contribution in [1.29, 1.82) is 0 Å². The third-order valence-electron chi connectivity index (χ3n) is 3.26. The zero-order valence-electron chi connectivity index (χ0n) is 12.0. The van der Waals surface area contributed by atoms with Crippen molar-refractivity contribution in [2.45, 2.75) is 19.9 Å². The lowest BCUT2D eigenvalue weighted by molar-refractivity contribution is 0.416. The highest BCUT2D eigenvalue weighted by atomic mass is 35.5. The summed E-state index contributed by atoms with van der Waals surface area (Å²) >= 11 is 18.3. The van der Waals surface area contributed by atoms with E-state index in [1.807, 2.05) is 38.1 Å². The lowest BCUT2D eigenvalue weighted by Crippen LogP contribution is -2.08. The lowest BCUT2D eigenvalue weighted by Gasteiger charge is -2.20. The van der Waals surface area contributed by atoms with E-state index in [-0.39, 0.29) is 6.04 Å². The maximum absolute atomic E-state index is 6.28. The zero-order chi connectivity index (χ0) is 15.6. The summed E-state index contributed by atoms with van der Waals surface area (Å²) in [7, 11) is 1.65. The first-order chi connectivity index (χ1) is 9.93. The Balaban J connectivity index is 2.32. The van der Waals surface area contributed by atoms with Crippen molar-refractivity contribution in [3.63, 3.8) is 0 Å². The summed E-state index contributed by atoms with van der Waals surface area (Å²) in [5.74, 6) is 0.781. The van der Waals surface area contributed by atoms with Gasteiger partial charge in [-0.05, 0) is 43.2 Å². The zero-order valence-corrected chi connectivity index (χ0v) is 14.3. The van der Waals surface area contributed by atoms with Crippen LogP contribution in [0.4, 0.5) is 5.69 Å². The van der Waals surface area contributed by atoms with E-state index in [0.29, 0.717) is 15.1 Å². The summed E-state index contributed by atoms with van der Waals surface area (Å²) in [4.78, 5) is 0. The molecule has 0 saturated carbocycles. The van der Waals surface area contributed by atoms with Crippen LogP contribution in [0.5, 0.6) is 5.75 Å². The number of methoxy groups -OCH3 is 1. The van der Waals surface area contributed by atoms with E-state index in [9.17, 15) is 0 Å². The van der Waals surface area contributed by atoms with Crippen molar-refractivity contribution in [2.75, 3.05) is 12.4 Å². The molecule has 0 bridgehead atoms. The molecule has 5 heteroatoms. The van der Waals surface area contributed by atoms with Gasteiger partial charge < -0.3 is 10.1 Å². The molecule has 2 rings (SSSR count). The summed E-state index contributed by atoms with van der Waals surface area (Å²) < 4.78 is 5.37. The Bertz CT molecular complexity index is 658. The average molecular weight is 345 g/mol. The molecule has 0 aliphatic heterocycles. The van der Waals surface area contributed by atoms with E-state index in [2.05, 4.69) is 5.32 Å². The molecule has 2 aromatic carbocycles. The third kappa shape index (κ3) is 3.57. The van der Waals surface area contributed by atoms with Crippen LogP contribution in [0.25, 0.3) is 0 Å². The van der Waals surface area contributed by atoms with Crippen LogP contribution in [0.1, 0.15) is 24.1 Å². The number of rotatable bonds is 4. The molecule has 0 spiro atoms. The molecule has 1 N–H and O–H groups in total. The van der Waals surface area contributed by atoms with E-state index in [4.69, 9.17) is 39.5 Å². The minimum atomic E-state index is -0.0389. The molecular weight excluding hydrogens is 329 g/mol. The summed E-state index contributed by atoms with van der Waals surface area (Å²) in [5.41, 5.74) is 2.94. The van der Waals surface area contributed by atoms with E-state index < -0.39 is 0 Å². The summed E-state index contributed by atoms with van der Waals surface area (Å²) in [6, 6.07) is 9.54. The standard InChI is InChI=1S/C16H16Cl3NO/c1-9-4-7-14(21-3)13(8-9)20-10(2)11-5-6-12(17)16(19)15(11)18/h4-8,10,20H,1-3H3. The smallest absolute Gasteiger partial charge is 0.141 e. The van der Waals surface area contributed by atoms with Gasteiger partial charge in [-0.15, -0.1) is 0 Å². The molecule has 2 aromatic rings. The van der Waals surface area contributed by atoms with Crippen molar-refractivity contribution in [3.8, 4) is 5.75 Å². The summed E-state index contributed by atoms with van der Waals surface area (Å²) in [6.07, 6.45) is 0. The molecule has 0 radical (unpaired) electrons. The highest BCUT2D eigenvalue weighted by molar-refractivity contribution is 6.48. The highest BCUT2D eigenvalue weighted by Crippen LogP contribution is 2.37. The van der Waals surface area contributed by atoms with Gasteiger partial charge in [0, 0.05) is 0 Å². The molecule has 1 atom stereocenters. The first kappa shape index (κ1) is 16.3. The Morgan fingerprint density at radius 1 is 1.05 bits per heavy atom. The number of benzene rings is 2. The van der Waals surface area contributed by atoms with E-state index in [0.717, 1.165) is 22.6 Å². The maximum atomic E-state index is 6.28. The molecular formula is C16H16Cl3NO. The molecule has 0 fully saturated rings. The number of nitrogens with one attached hydrogen (secondary N) is 1. The van der Waals surface area contributed by atoms with Crippen molar-refractivity contribution >= 4 is 40.5 Å². The van der Waals surface area contributed by atoms with Crippen molar-refractivity contribution in [1.82, 2.24) is 0 Å². The van der Waals surface area contributed by atoms with Crippen LogP contribution in [0.3, 0.4) is 0 Å². The van der Waals surface area contributed by atoms with Gasteiger partial charge in [0.25, 0.3) is 0 Å². The van der Waals surface area contributed by atoms with Crippen molar-refractivity contribution in [2.24, 2.45) is 0 Å². The molecule has 0 aliphatic rings. The van der Waals surface area contributed by atoms with Crippen LogP contribution in [-0.2, 0) is 0 Å². The first-order valence-corrected chi connectivity index (χ1v) is 7.62. The van der Waals surface area contributed by atoms with Crippen LogP contribution in [0, 0.1) is 6.92 Å². The fourth-order valence-corrected chi connectivity index (χ4v) is 2.83. The van der Waals surface area contributed by atoms with Gasteiger partial charge in [-0.1, -0.05) is 46.9 Å². The van der Waals surface area contributed by atoms with Crippen LogP contribution in [0.2, 0.25) is 15.1 Å². The fraction of sp³-hybridized carbons (Fsp3) is 0.250. The highest BCUT2D eigenvalue weighted by Gasteiger charge is 2.15. The van der Waals surface area contributed by atoms with Gasteiger partial charge in [0.1, 0.15) is 5.75 Å². The van der Waals surface area contributed by atoms with E-state index in [1.165, 1.54) is 0 Å². The Morgan fingerprint density at radius 3 is 2.43 bits per heavy atom. The molecule has 0 saturated heterocycles. The molecule has 21 heavy (non-hydrogen) atoms. The van der Waals surface area contributed by atoms with Gasteiger partial charge in [-0.25, -0.2) is 0 Å². The fourth-order valence-electron chi connectivity index (χ4n) is 2.12. The van der Waals surface area contributed by atoms with Crippen molar-refractivity contribution < 1.29 is 4.74 Å². The minimum Gasteiger partial charge on any atom is -0.495 e. The Hall–Kier alpha value is -1.09. The Morgan fingerprint density at radius 2 is 1.76 bits per heavy atom. The van der Waals surface area contributed by atoms with Crippen LogP contribution in [-0.4, -0.2) is 7.11 Å². The minimum absolute atomic E-state index is 0.0389. The van der Waals surface area contributed by atoms with Gasteiger partial charge >= 0.3 is 0 Å². The summed E-state index contributed by atoms with van der Waals surface area (Å²) in [5, 5.41) is 4.69. The molecule has 0 aromatic heterocycles. The number of anilines is 1. The Labute approximate surface area is 140 Å². The first-order valence-electron chi connectivity index (χ1n) is 6.48. The number of ether oxygens (including phenoxy) is 1. The van der Waals surface area contributed by atoms with Gasteiger partial charge in [0.15, 0.2) is 0 Å². The molecule has 1 unspecified atom stereocenters. The summed E-state index contributed by atoms with van der Waals surface area (Å²) in [6.45, 7) is 4.04. The number of halogens is 3. The normalized spacial score (nSPS) is 12.1. The average Bonchev–Trinajstić information content (AvgIpc) is 2.45. The number of hydrogen-bond acceptors (Lipinski definition) is 2. The molecule has 0 amide bonds. The van der Waals surface area contributed by atoms with Crippen molar-refractivity contribution in [3.05, 3.63) is 56.5 Å².